The van der Waals surface area contributed by atoms with Gasteiger partial charge >= 0.3 is 0 Å². The summed E-state index contributed by atoms with van der Waals surface area (Å²) in [6.45, 7) is 2.63. The first kappa shape index (κ1) is 13.3. The summed E-state index contributed by atoms with van der Waals surface area (Å²) < 4.78 is 16.8. The molecule has 1 atom stereocenters. The van der Waals surface area contributed by atoms with Gasteiger partial charge in [0, 0.05) is 18.2 Å². The Morgan fingerprint density at radius 1 is 1.20 bits per heavy atom. The summed E-state index contributed by atoms with van der Waals surface area (Å²) in [6.07, 6.45) is 4.30. The number of aromatic nitrogens is 1. The third-order valence-corrected chi connectivity index (χ3v) is 3.41. The molecule has 1 aromatic carbocycles. The van der Waals surface area contributed by atoms with Gasteiger partial charge in [0.15, 0.2) is 0 Å². The van der Waals surface area contributed by atoms with E-state index < -0.39 is 0 Å². The molecule has 1 aliphatic heterocycles. The molecule has 20 heavy (non-hydrogen) atoms. The quantitative estimate of drug-likeness (QED) is 0.759. The molecule has 4 nitrogen and oxygen atoms in total. The van der Waals surface area contributed by atoms with Gasteiger partial charge in [0.2, 0.25) is 0 Å². The van der Waals surface area contributed by atoms with Crippen molar-refractivity contribution >= 4 is 10.9 Å². The van der Waals surface area contributed by atoms with E-state index in [1.54, 1.807) is 6.20 Å². The Labute approximate surface area is 118 Å². The second-order valence-corrected chi connectivity index (χ2v) is 4.89. The highest BCUT2D eigenvalue weighted by molar-refractivity contribution is 5.84. The Balaban J connectivity index is 1.47. The summed E-state index contributed by atoms with van der Waals surface area (Å²) in [4.78, 5) is 4.36. The zero-order valence-electron chi connectivity index (χ0n) is 11.5. The highest BCUT2D eigenvalue weighted by Gasteiger charge is 2.15. The highest BCUT2D eigenvalue weighted by atomic mass is 16.5. The van der Waals surface area contributed by atoms with E-state index in [2.05, 4.69) is 4.98 Å². The van der Waals surface area contributed by atoms with Crippen molar-refractivity contribution in [1.82, 2.24) is 4.98 Å². The van der Waals surface area contributed by atoms with E-state index >= 15 is 0 Å². The molecule has 0 aliphatic carbocycles. The van der Waals surface area contributed by atoms with Crippen LogP contribution in [0.5, 0.6) is 5.75 Å². The van der Waals surface area contributed by atoms with Crippen LogP contribution in [0, 0.1) is 0 Å². The smallest absolute Gasteiger partial charge is 0.145 e. The second-order valence-electron chi connectivity index (χ2n) is 4.89. The van der Waals surface area contributed by atoms with E-state index in [1.165, 1.54) is 0 Å². The van der Waals surface area contributed by atoms with Crippen LogP contribution in [0.3, 0.4) is 0 Å². The largest absolute Gasteiger partial charge is 0.489 e. The van der Waals surface area contributed by atoms with Crippen molar-refractivity contribution in [2.75, 3.05) is 26.4 Å². The Bertz CT molecular complexity index is 547. The molecule has 0 bridgehead atoms. The number of rotatable bonds is 6. The average Bonchev–Trinajstić information content (AvgIpc) is 3.00. The van der Waals surface area contributed by atoms with E-state index in [4.69, 9.17) is 14.2 Å². The van der Waals surface area contributed by atoms with Gasteiger partial charge in [0.05, 0.1) is 19.3 Å². The lowest BCUT2D eigenvalue weighted by atomic mass is 10.2. The lowest BCUT2D eigenvalue weighted by Gasteiger charge is -2.11. The summed E-state index contributed by atoms with van der Waals surface area (Å²) >= 11 is 0. The summed E-state index contributed by atoms with van der Waals surface area (Å²) in [7, 11) is 0. The maximum Gasteiger partial charge on any atom is 0.145 e. The minimum atomic E-state index is 0.272. The van der Waals surface area contributed by atoms with Crippen molar-refractivity contribution in [2.45, 2.75) is 18.9 Å². The van der Waals surface area contributed by atoms with Crippen molar-refractivity contribution in [1.29, 1.82) is 0 Å². The molecule has 0 radical (unpaired) electrons. The molecule has 0 amide bonds. The van der Waals surface area contributed by atoms with Crippen molar-refractivity contribution in [2.24, 2.45) is 0 Å². The number of benzene rings is 1. The van der Waals surface area contributed by atoms with Gasteiger partial charge in [0.1, 0.15) is 17.9 Å². The van der Waals surface area contributed by atoms with E-state index in [0.29, 0.717) is 19.8 Å². The zero-order chi connectivity index (χ0) is 13.6. The molecule has 1 saturated heterocycles. The topological polar surface area (TPSA) is 40.6 Å². The van der Waals surface area contributed by atoms with Crippen molar-refractivity contribution in [3.05, 3.63) is 36.5 Å². The summed E-state index contributed by atoms with van der Waals surface area (Å²) in [5, 5.41) is 1.09. The number of fused-ring (bicyclic) bond motifs is 1. The molecule has 0 N–H and O–H groups in total. The number of nitrogens with zero attached hydrogens (tertiary/aromatic N) is 1. The van der Waals surface area contributed by atoms with Crippen LogP contribution in [-0.2, 0) is 9.47 Å². The molecule has 0 saturated carbocycles. The number of ether oxygens (including phenoxy) is 3. The molecule has 0 unspecified atom stereocenters. The van der Waals surface area contributed by atoms with Crippen LogP contribution in [0.1, 0.15) is 12.8 Å². The van der Waals surface area contributed by atoms with Crippen LogP contribution < -0.4 is 4.74 Å². The van der Waals surface area contributed by atoms with Crippen molar-refractivity contribution in [3.8, 4) is 5.75 Å². The molecule has 106 valence electrons. The predicted molar refractivity (Wildman–Crippen MR) is 77.0 cm³/mol. The zero-order valence-corrected chi connectivity index (χ0v) is 11.5. The Morgan fingerprint density at radius 2 is 2.15 bits per heavy atom. The fourth-order valence-electron chi connectivity index (χ4n) is 2.39. The normalized spacial score (nSPS) is 18.5. The van der Waals surface area contributed by atoms with Gasteiger partial charge < -0.3 is 14.2 Å². The Morgan fingerprint density at radius 3 is 3.05 bits per heavy atom. The monoisotopic (exact) mass is 273 g/mol. The first-order valence-corrected chi connectivity index (χ1v) is 7.09. The van der Waals surface area contributed by atoms with Crippen molar-refractivity contribution in [3.63, 3.8) is 0 Å². The third-order valence-electron chi connectivity index (χ3n) is 3.41. The van der Waals surface area contributed by atoms with Gasteiger partial charge in [-0.2, -0.15) is 0 Å². The van der Waals surface area contributed by atoms with Crippen LogP contribution in [0.15, 0.2) is 36.5 Å². The van der Waals surface area contributed by atoms with Crippen LogP contribution in [0.2, 0.25) is 0 Å². The van der Waals surface area contributed by atoms with Gasteiger partial charge in [-0.05, 0) is 25.0 Å². The Kier molecular flexibility index (Phi) is 4.46. The van der Waals surface area contributed by atoms with Gasteiger partial charge in [-0.1, -0.05) is 18.2 Å². The standard InChI is InChI=1S/C16H19NO3/c1-4-13-5-2-8-17-16(13)15(7-1)20-11-10-18-12-14-6-3-9-19-14/h1-2,4-5,7-8,14H,3,6,9-12H2/t14-/m0/s1. The second kappa shape index (κ2) is 6.68. The van der Waals surface area contributed by atoms with E-state index in [1.807, 2.05) is 30.3 Å². The maximum atomic E-state index is 5.76. The third kappa shape index (κ3) is 3.26. The lowest BCUT2D eigenvalue weighted by Crippen LogP contribution is -2.17. The first-order chi connectivity index (χ1) is 9.93. The molecule has 3 rings (SSSR count). The summed E-state index contributed by atoms with van der Waals surface area (Å²) in [5.41, 5.74) is 0.897. The van der Waals surface area contributed by atoms with Crippen LogP contribution in [-0.4, -0.2) is 37.5 Å². The van der Waals surface area contributed by atoms with Gasteiger partial charge in [-0.3, -0.25) is 4.98 Å². The number of hydrogen-bond acceptors (Lipinski definition) is 4. The number of hydrogen-bond donors (Lipinski definition) is 0. The van der Waals surface area contributed by atoms with Gasteiger partial charge in [-0.15, -0.1) is 0 Å². The summed E-state index contributed by atoms with van der Waals surface area (Å²) in [5.74, 6) is 0.809. The molecule has 1 aromatic heterocycles. The minimum absolute atomic E-state index is 0.272. The lowest BCUT2D eigenvalue weighted by molar-refractivity contribution is 0.00864. The maximum absolute atomic E-state index is 5.76. The van der Waals surface area contributed by atoms with E-state index in [0.717, 1.165) is 36.1 Å². The van der Waals surface area contributed by atoms with Crippen molar-refractivity contribution < 1.29 is 14.2 Å². The van der Waals surface area contributed by atoms with Gasteiger partial charge in [0.25, 0.3) is 0 Å². The Hall–Kier alpha value is -1.65. The molecule has 2 heterocycles. The fourth-order valence-corrected chi connectivity index (χ4v) is 2.39. The van der Waals surface area contributed by atoms with E-state index in [9.17, 15) is 0 Å². The minimum Gasteiger partial charge on any atom is -0.489 e. The fraction of sp³-hybridized carbons (Fsp3) is 0.438. The predicted octanol–water partition coefficient (Wildman–Crippen LogP) is 2.81. The molecule has 1 aliphatic rings. The number of pyridine rings is 1. The van der Waals surface area contributed by atoms with E-state index in [-0.39, 0.29) is 6.10 Å². The van der Waals surface area contributed by atoms with Crippen LogP contribution in [0.25, 0.3) is 10.9 Å². The summed E-state index contributed by atoms with van der Waals surface area (Å²) in [6, 6.07) is 9.91. The first-order valence-electron chi connectivity index (χ1n) is 7.09. The molecule has 2 aromatic rings. The highest BCUT2D eigenvalue weighted by Crippen LogP contribution is 2.22. The molecular weight excluding hydrogens is 254 g/mol. The van der Waals surface area contributed by atoms with Crippen LogP contribution >= 0.6 is 0 Å². The van der Waals surface area contributed by atoms with Crippen LogP contribution in [0.4, 0.5) is 0 Å². The molecule has 1 fully saturated rings. The molecule has 4 heteroatoms. The SMILES string of the molecule is c1cnc2c(OCCOC[C@@H]3CCCO3)cccc2c1. The average molecular weight is 273 g/mol. The molecule has 0 spiro atoms. The molecular formula is C16H19NO3. The van der Waals surface area contributed by atoms with Gasteiger partial charge in [-0.25, -0.2) is 0 Å². The number of para-hydroxylation sites is 1.